The molecule has 2 aromatic rings. The van der Waals surface area contributed by atoms with Crippen LogP contribution in [0.4, 0.5) is 5.69 Å². The number of hydrogen-bond acceptors (Lipinski definition) is 4. The molecule has 0 radical (unpaired) electrons. The maximum absolute atomic E-state index is 12.1. The van der Waals surface area contributed by atoms with Gasteiger partial charge in [-0.2, -0.15) is 0 Å². The van der Waals surface area contributed by atoms with E-state index < -0.39 is 11.9 Å². The van der Waals surface area contributed by atoms with Crippen LogP contribution in [0.3, 0.4) is 0 Å². The molecule has 25 heavy (non-hydrogen) atoms. The van der Waals surface area contributed by atoms with E-state index in [1.807, 2.05) is 18.2 Å². The van der Waals surface area contributed by atoms with Crippen molar-refractivity contribution in [3.8, 4) is 5.75 Å². The van der Waals surface area contributed by atoms with Gasteiger partial charge in [-0.1, -0.05) is 26.8 Å². The van der Waals surface area contributed by atoms with Crippen LogP contribution in [-0.4, -0.2) is 30.2 Å². The zero-order valence-corrected chi connectivity index (χ0v) is 15.3. The highest BCUT2D eigenvalue weighted by Crippen LogP contribution is 2.31. The highest BCUT2D eigenvalue weighted by atomic mass is 16.5. The summed E-state index contributed by atoms with van der Waals surface area (Å²) in [4.78, 5) is 24.1. The Labute approximate surface area is 147 Å². The zero-order valence-electron chi connectivity index (χ0n) is 15.3. The molecule has 0 saturated carbocycles. The fourth-order valence-electron chi connectivity index (χ4n) is 2.34. The highest BCUT2D eigenvalue weighted by molar-refractivity contribution is 5.96. The van der Waals surface area contributed by atoms with E-state index in [-0.39, 0.29) is 12.0 Å². The van der Waals surface area contributed by atoms with Gasteiger partial charge in [0.15, 0.2) is 6.61 Å². The minimum Gasteiger partial charge on any atom is -0.495 e. The summed E-state index contributed by atoms with van der Waals surface area (Å²) in [5.74, 6) is -0.417. The van der Waals surface area contributed by atoms with Crippen LogP contribution in [0.5, 0.6) is 5.75 Å². The monoisotopic (exact) mass is 344 g/mol. The molecule has 1 heterocycles. The molecule has 0 bridgehead atoms. The minimum absolute atomic E-state index is 0.0647. The fourth-order valence-corrected chi connectivity index (χ4v) is 2.34. The lowest BCUT2D eigenvalue weighted by Crippen LogP contribution is -2.22. The second-order valence-corrected chi connectivity index (χ2v) is 6.79. The molecule has 0 saturated heterocycles. The van der Waals surface area contributed by atoms with E-state index >= 15 is 0 Å². The predicted octanol–water partition coefficient (Wildman–Crippen LogP) is 3.13. The second kappa shape index (κ2) is 7.42. The Hall–Kier alpha value is -2.76. The van der Waals surface area contributed by atoms with Crippen LogP contribution in [0.1, 0.15) is 36.8 Å². The Morgan fingerprint density at radius 3 is 2.48 bits per heavy atom. The van der Waals surface area contributed by atoms with Crippen molar-refractivity contribution in [2.45, 2.75) is 26.2 Å². The normalized spacial score (nSPS) is 11.1. The van der Waals surface area contributed by atoms with Crippen molar-refractivity contribution in [1.82, 2.24) is 4.57 Å². The molecule has 1 aromatic heterocycles. The van der Waals surface area contributed by atoms with Gasteiger partial charge in [-0.15, -0.1) is 0 Å². The number of rotatable bonds is 5. The van der Waals surface area contributed by atoms with Crippen LogP contribution >= 0.6 is 0 Å². The summed E-state index contributed by atoms with van der Waals surface area (Å²) in [6.07, 6.45) is 1.74. The summed E-state index contributed by atoms with van der Waals surface area (Å²) >= 11 is 0. The van der Waals surface area contributed by atoms with E-state index in [0.29, 0.717) is 17.1 Å². The van der Waals surface area contributed by atoms with E-state index in [9.17, 15) is 9.59 Å². The lowest BCUT2D eigenvalue weighted by molar-refractivity contribution is -0.119. The number of carbonyl (C=O) groups excluding carboxylic acids is 2. The molecular formula is C19H24N2O4. The molecule has 0 atom stereocenters. The quantitative estimate of drug-likeness (QED) is 0.846. The first-order valence-corrected chi connectivity index (χ1v) is 7.99. The number of aromatic nitrogens is 1. The SMILES string of the molecule is COc1ccc(C(C)(C)C)cc1NC(=O)COC(=O)c1cccn1C. The average molecular weight is 344 g/mol. The first-order chi connectivity index (χ1) is 11.7. The summed E-state index contributed by atoms with van der Waals surface area (Å²) in [7, 11) is 3.27. The predicted molar refractivity (Wildman–Crippen MR) is 96.0 cm³/mol. The van der Waals surface area contributed by atoms with Crippen molar-refractivity contribution < 1.29 is 19.1 Å². The van der Waals surface area contributed by atoms with Gasteiger partial charge >= 0.3 is 5.97 Å². The molecule has 0 aliphatic carbocycles. The molecule has 1 N–H and O–H groups in total. The van der Waals surface area contributed by atoms with Crippen LogP contribution in [0.15, 0.2) is 36.5 Å². The van der Waals surface area contributed by atoms with E-state index in [2.05, 4.69) is 26.1 Å². The zero-order chi connectivity index (χ0) is 18.6. The molecule has 1 amide bonds. The van der Waals surface area contributed by atoms with Gasteiger partial charge in [0.1, 0.15) is 11.4 Å². The molecule has 6 nitrogen and oxygen atoms in total. The second-order valence-electron chi connectivity index (χ2n) is 6.79. The topological polar surface area (TPSA) is 69.6 Å². The number of nitrogens with one attached hydrogen (secondary N) is 1. The molecule has 0 fully saturated rings. The number of anilines is 1. The third-order valence-electron chi connectivity index (χ3n) is 3.83. The number of aryl methyl sites for hydroxylation is 1. The van der Waals surface area contributed by atoms with Crippen LogP contribution < -0.4 is 10.1 Å². The number of benzene rings is 1. The Morgan fingerprint density at radius 1 is 1.20 bits per heavy atom. The van der Waals surface area contributed by atoms with Crippen LogP contribution in [0, 0.1) is 0 Å². The van der Waals surface area contributed by atoms with E-state index in [4.69, 9.17) is 9.47 Å². The fraction of sp³-hybridized carbons (Fsp3) is 0.368. The van der Waals surface area contributed by atoms with Gasteiger partial charge in [0.2, 0.25) is 0 Å². The number of carbonyl (C=O) groups is 2. The lowest BCUT2D eigenvalue weighted by atomic mass is 9.87. The number of nitrogens with zero attached hydrogens (tertiary/aromatic N) is 1. The average Bonchev–Trinajstić information content (AvgIpc) is 2.98. The molecule has 0 spiro atoms. The van der Waals surface area contributed by atoms with Crippen LogP contribution in [0.25, 0.3) is 0 Å². The Kier molecular flexibility index (Phi) is 5.51. The number of methoxy groups -OCH3 is 1. The van der Waals surface area contributed by atoms with Gasteiger partial charge in [-0.3, -0.25) is 4.79 Å². The first-order valence-electron chi connectivity index (χ1n) is 7.99. The third kappa shape index (κ3) is 4.62. The molecule has 0 aliphatic heterocycles. The van der Waals surface area contributed by atoms with E-state index in [1.165, 1.54) is 7.11 Å². The van der Waals surface area contributed by atoms with Gasteiger partial charge in [0.25, 0.3) is 5.91 Å². The van der Waals surface area contributed by atoms with Crippen LogP contribution in [0.2, 0.25) is 0 Å². The van der Waals surface area contributed by atoms with Crippen molar-refractivity contribution in [2.24, 2.45) is 7.05 Å². The van der Waals surface area contributed by atoms with Crippen molar-refractivity contribution >= 4 is 17.6 Å². The Bertz CT molecular complexity index is 772. The lowest BCUT2D eigenvalue weighted by Gasteiger charge is -2.21. The van der Waals surface area contributed by atoms with Crippen molar-refractivity contribution in [3.63, 3.8) is 0 Å². The first kappa shape index (κ1) is 18.6. The van der Waals surface area contributed by atoms with Crippen LogP contribution in [-0.2, 0) is 22.0 Å². The van der Waals surface area contributed by atoms with Gasteiger partial charge in [-0.25, -0.2) is 4.79 Å². The summed E-state index contributed by atoms with van der Waals surface area (Å²) in [6, 6.07) is 9.02. The molecule has 6 heteroatoms. The molecule has 0 unspecified atom stereocenters. The van der Waals surface area contributed by atoms with Crippen molar-refractivity contribution in [2.75, 3.05) is 19.0 Å². The number of amides is 1. The molecule has 1 aromatic carbocycles. The maximum Gasteiger partial charge on any atom is 0.355 e. The molecule has 2 rings (SSSR count). The molecule has 0 aliphatic rings. The standard InChI is InChI=1S/C19H24N2O4/c1-19(2,3)13-8-9-16(24-5)14(11-13)20-17(22)12-25-18(23)15-7-6-10-21(15)4/h6-11H,12H2,1-5H3,(H,20,22). The highest BCUT2D eigenvalue weighted by Gasteiger charge is 2.18. The Morgan fingerprint density at radius 2 is 1.92 bits per heavy atom. The molecule has 134 valence electrons. The summed E-state index contributed by atoms with van der Waals surface area (Å²) in [6.45, 7) is 5.89. The number of esters is 1. The smallest absolute Gasteiger partial charge is 0.355 e. The maximum atomic E-state index is 12.1. The van der Waals surface area contributed by atoms with Crippen molar-refractivity contribution in [1.29, 1.82) is 0 Å². The van der Waals surface area contributed by atoms with Gasteiger partial charge in [0, 0.05) is 13.2 Å². The summed E-state index contributed by atoms with van der Waals surface area (Å²) < 4.78 is 12.0. The summed E-state index contributed by atoms with van der Waals surface area (Å²) in [5, 5.41) is 2.74. The number of ether oxygens (including phenoxy) is 2. The van der Waals surface area contributed by atoms with E-state index in [0.717, 1.165) is 5.56 Å². The summed E-state index contributed by atoms with van der Waals surface area (Å²) in [5.41, 5.74) is 1.93. The third-order valence-corrected chi connectivity index (χ3v) is 3.83. The number of hydrogen-bond donors (Lipinski definition) is 1. The van der Waals surface area contributed by atoms with Gasteiger partial charge < -0.3 is 19.4 Å². The van der Waals surface area contributed by atoms with Gasteiger partial charge in [0.05, 0.1) is 12.8 Å². The van der Waals surface area contributed by atoms with Gasteiger partial charge in [-0.05, 0) is 35.2 Å². The largest absolute Gasteiger partial charge is 0.495 e. The van der Waals surface area contributed by atoms with Crippen molar-refractivity contribution in [3.05, 3.63) is 47.8 Å². The van der Waals surface area contributed by atoms with E-state index in [1.54, 1.807) is 29.9 Å². The minimum atomic E-state index is -0.543. The Balaban J connectivity index is 2.04. The molecular weight excluding hydrogens is 320 g/mol.